The van der Waals surface area contributed by atoms with Gasteiger partial charge in [-0.25, -0.2) is 0 Å². The lowest BCUT2D eigenvalue weighted by atomic mass is 9.38. The second-order valence-corrected chi connectivity index (χ2v) is 21.3. The zero-order chi connectivity index (χ0) is 46.7. The van der Waals surface area contributed by atoms with Gasteiger partial charge in [-0.1, -0.05) is 182 Å². The summed E-state index contributed by atoms with van der Waals surface area (Å²) in [5, 5.41) is 5.03. The average Bonchev–Trinajstić information content (AvgIpc) is 3.77. The van der Waals surface area contributed by atoms with Gasteiger partial charge < -0.3 is 9.47 Å². The van der Waals surface area contributed by atoms with Crippen LogP contribution >= 0.6 is 0 Å². The molecule has 11 aromatic rings. The third-order valence-corrected chi connectivity index (χ3v) is 17.9. The van der Waals surface area contributed by atoms with Crippen LogP contribution in [0.25, 0.3) is 49.4 Å². The minimum Gasteiger partial charge on any atom is -0.310 e. The number of benzene rings is 10. The fourth-order valence-electron chi connectivity index (χ4n) is 15.3. The Hall–Kier alpha value is -7.94. The Morgan fingerprint density at radius 2 is 0.831 bits per heavy atom. The van der Waals surface area contributed by atoms with Crippen molar-refractivity contribution in [1.82, 2.24) is 4.57 Å². The van der Waals surface area contributed by atoms with Crippen molar-refractivity contribution >= 4 is 49.6 Å². The highest BCUT2D eigenvalue weighted by molar-refractivity contribution is 6.09. The molecule has 0 saturated heterocycles. The van der Waals surface area contributed by atoms with E-state index in [-0.39, 0.29) is 5.41 Å². The molecular formula is C69H54N2. The van der Waals surface area contributed by atoms with Crippen LogP contribution in [-0.4, -0.2) is 4.57 Å². The number of hydrogen-bond acceptors (Lipinski definition) is 1. The van der Waals surface area contributed by atoms with E-state index < -0.39 is 5.41 Å². The fraction of sp³-hybridized carbons (Fsp3) is 0.159. The molecule has 4 saturated carbocycles. The molecule has 71 heavy (non-hydrogen) atoms. The third kappa shape index (κ3) is 5.94. The highest BCUT2D eigenvalue weighted by Crippen LogP contribution is 2.70. The topological polar surface area (TPSA) is 8.17 Å². The van der Waals surface area contributed by atoms with E-state index in [2.05, 4.69) is 252 Å². The van der Waals surface area contributed by atoms with Gasteiger partial charge in [-0.05, 0) is 172 Å². The van der Waals surface area contributed by atoms with Gasteiger partial charge in [0.2, 0.25) is 0 Å². The molecule has 340 valence electrons. The zero-order valence-corrected chi connectivity index (χ0v) is 39.8. The van der Waals surface area contributed by atoms with E-state index in [9.17, 15) is 0 Å². The van der Waals surface area contributed by atoms with Gasteiger partial charge in [-0.2, -0.15) is 0 Å². The number of nitrogens with zero attached hydrogens (tertiary/aromatic N) is 2. The minimum absolute atomic E-state index is 0.0303. The maximum atomic E-state index is 2.63. The summed E-state index contributed by atoms with van der Waals surface area (Å²) in [5.74, 6) is 2.98. The Bertz CT molecular complexity index is 3700. The number of anilines is 3. The Morgan fingerprint density at radius 3 is 1.46 bits per heavy atom. The molecule has 1 spiro atoms. The van der Waals surface area contributed by atoms with Gasteiger partial charge in [0.05, 0.1) is 16.4 Å². The number of rotatable bonds is 7. The molecule has 0 N–H and O–H groups in total. The van der Waals surface area contributed by atoms with Crippen molar-refractivity contribution in [2.24, 2.45) is 23.7 Å². The van der Waals surface area contributed by atoms with E-state index in [1.54, 1.807) is 11.1 Å². The largest absolute Gasteiger partial charge is 0.310 e. The number of fused-ring (bicyclic) bond motifs is 6. The monoisotopic (exact) mass is 910 g/mol. The van der Waals surface area contributed by atoms with Crippen LogP contribution in [-0.2, 0) is 10.8 Å². The van der Waals surface area contributed by atoms with Gasteiger partial charge in [0, 0.05) is 38.9 Å². The summed E-state index contributed by atoms with van der Waals surface area (Å²) in [4.78, 5) is 2.52. The van der Waals surface area contributed by atoms with E-state index in [1.165, 1.54) is 104 Å². The molecule has 1 heterocycles. The van der Waals surface area contributed by atoms with Crippen molar-refractivity contribution in [3.8, 4) is 16.8 Å². The predicted octanol–water partition coefficient (Wildman–Crippen LogP) is 17.5. The van der Waals surface area contributed by atoms with E-state index in [0.29, 0.717) is 11.8 Å². The second-order valence-electron chi connectivity index (χ2n) is 21.3. The quantitative estimate of drug-likeness (QED) is 0.155. The lowest BCUT2D eigenvalue weighted by molar-refractivity contribution is -0.0440. The molecule has 5 aliphatic rings. The first kappa shape index (κ1) is 40.9. The van der Waals surface area contributed by atoms with Gasteiger partial charge in [-0.15, -0.1) is 0 Å². The van der Waals surface area contributed by atoms with Gasteiger partial charge in [0.25, 0.3) is 0 Å². The van der Waals surface area contributed by atoms with Crippen LogP contribution in [0.15, 0.2) is 243 Å². The summed E-state index contributed by atoms with van der Waals surface area (Å²) in [6.07, 6.45) is 6.78. The molecule has 16 rings (SSSR count). The molecule has 4 bridgehead atoms. The van der Waals surface area contributed by atoms with Crippen LogP contribution in [0.3, 0.4) is 0 Å². The van der Waals surface area contributed by atoms with E-state index in [0.717, 1.165) is 28.9 Å². The van der Waals surface area contributed by atoms with Crippen LogP contribution in [0.1, 0.15) is 65.5 Å². The summed E-state index contributed by atoms with van der Waals surface area (Å²) in [7, 11) is 0. The Morgan fingerprint density at radius 1 is 0.352 bits per heavy atom. The molecule has 4 fully saturated rings. The first-order chi connectivity index (χ1) is 35.2. The molecule has 10 aromatic carbocycles. The summed E-state index contributed by atoms with van der Waals surface area (Å²) in [5.41, 5.74) is 17.6. The normalized spacial score (nSPS) is 21.4. The van der Waals surface area contributed by atoms with Crippen molar-refractivity contribution in [3.05, 3.63) is 276 Å². The van der Waals surface area contributed by atoms with Gasteiger partial charge in [0.15, 0.2) is 0 Å². The molecule has 5 aliphatic carbocycles. The van der Waals surface area contributed by atoms with E-state index in [1.807, 2.05) is 0 Å². The fourth-order valence-corrected chi connectivity index (χ4v) is 15.3. The van der Waals surface area contributed by atoms with Gasteiger partial charge >= 0.3 is 0 Å². The highest BCUT2D eigenvalue weighted by Gasteiger charge is 2.63. The minimum atomic E-state index is -0.533. The van der Waals surface area contributed by atoms with Crippen molar-refractivity contribution in [2.75, 3.05) is 4.90 Å². The Labute approximate surface area is 416 Å². The standard InChI is InChI=1S/C69H54N2/c1-3-17-52(18-4-1)68(53-19-5-2-6-20-53)62-23-11-12-24-63(62)69(54-40-46-39-47(42-54)43-55(69)41-46)64-38-37-59(45-65(64)68)70(58-36-31-48-15-7-8-16-51(48)44-58)56-32-27-49(28-33-56)50-29-34-57(35-30-50)71-66-25-13-9-21-60(66)61-22-10-14-26-67(61)71/h1-38,44-47,54-55H,39-43H2/t46-,47+,54+,55-,69?. The lowest BCUT2D eigenvalue weighted by Gasteiger charge is -2.65. The summed E-state index contributed by atoms with van der Waals surface area (Å²) >= 11 is 0. The summed E-state index contributed by atoms with van der Waals surface area (Å²) in [6, 6.07) is 92.0. The number of aromatic nitrogens is 1. The Kier molecular flexibility index (Phi) is 9.09. The zero-order valence-electron chi connectivity index (χ0n) is 39.8. The molecule has 1 aromatic heterocycles. The van der Waals surface area contributed by atoms with E-state index >= 15 is 0 Å². The third-order valence-electron chi connectivity index (χ3n) is 17.9. The average molecular weight is 911 g/mol. The smallest absolute Gasteiger partial charge is 0.0708 e. The van der Waals surface area contributed by atoms with Crippen LogP contribution in [0, 0.1) is 23.7 Å². The second kappa shape index (κ2) is 15.8. The van der Waals surface area contributed by atoms with E-state index in [4.69, 9.17) is 0 Å². The molecule has 0 radical (unpaired) electrons. The Balaban J connectivity index is 0.918. The maximum Gasteiger partial charge on any atom is 0.0708 e. The molecular weight excluding hydrogens is 857 g/mol. The first-order valence-corrected chi connectivity index (χ1v) is 26.0. The van der Waals surface area contributed by atoms with Gasteiger partial charge in [0.1, 0.15) is 0 Å². The maximum absolute atomic E-state index is 2.63. The van der Waals surface area contributed by atoms with Crippen LogP contribution in [0.4, 0.5) is 17.1 Å². The molecule has 2 heteroatoms. The molecule has 0 aliphatic heterocycles. The van der Waals surface area contributed by atoms with Crippen LogP contribution < -0.4 is 4.90 Å². The van der Waals surface area contributed by atoms with Gasteiger partial charge in [-0.3, -0.25) is 0 Å². The molecule has 0 atom stereocenters. The highest BCUT2D eigenvalue weighted by atomic mass is 15.1. The summed E-state index contributed by atoms with van der Waals surface area (Å²) < 4.78 is 2.39. The lowest BCUT2D eigenvalue weighted by Crippen LogP contribution is -2.59. The van der Waals surface area contributed by atoms with Crippen molar-refractivity contribution < 1.29 is 0 Å². The van der Waals surface area contributed by atoms with Crippen molar-refractivity contribution in [3.63, 3.8) is 0 Å². The van der Waals surface area contributed by atoms with Crippen LogP contribution in [0.2, 0.25) is 0 Å². The molecule has 2 nitrogen and oxygen atoms in total. The summed E-state index contributed by atoms with van der Waals surface area (Å²) in [6.45, 7) is 0. The first-order valence-electron chi connectivity index (χ1n) is 26.0. The van der Waals surface area contributed by atoms with Crippen molar-refractivity contribution in [2.45, 2.75) is 42.9 Å². The van der Waals surface area contributed by atoms with Crippen molar-refractivity contribution in [1.29, 1.82) is 0 Å². The molecule has 0 unspecified atom stereocenters. The number of para-hydroxylation sites is 2. The number of hydrogen-bond donors (Lipinski definition) is 0. The molecule has 0 amide bonds. The SMILES string of the molecule is c1ccc(C2(c3ccccc3)c3ccccc3C3(c4ccc(N(c5ccc(-c6ccc(-n7c8ccccc8c8ccccc87)cc6)cc5)c5ccc6ccccc6c5)cc42)[C@H]2C[C@H]4C[C@H](C[C@H]3C4)C2)cc1. The predicted molar refractivity (Wildman–Crippen MR) is 295 cm³/mol. The van der Waals surface area contributed by atoms with Crippen LogP contribution in [0.5, 0.6) is 0 Å².